The van der Waals surface area contributed by atoms with Crippen molar-refractivity contribution in [3.05, 3.63) is 29.6 Å². The van der Waals surface area contributed by atoms with Gasteiger partial charge in [0.2, 0.25) is 0 Å². The predicted octanol–water partition coefficient (Wildman–Crippen LogP) is 2.75. The van der Waals surface area contributed by atoms with Crippen LogP contribution in [-0.2, 0) is 4.79 Å². The molecule has 2 rings (SSSR count). The molecule has 1 aromatic carbocycles. The molecule has 0 spiro atoms. The van der Waals surface area contributed by atoms with Crippen molar-refractivity contribution in [2.45, 2.75) is 38.1 Å². The number of rotatable bonds is 6. The van der Waals surface area contributed by atoms with Gasteiger partial charge in [-0.25, -0.2) is 4.39 Å². The largest absolute Gasteiger partial charge is 0.493 e. The molecule has 1 fully saturated rings. The zero-order valence-corrected chi connectivity index (χ0v) is 12.5. The Bertz CT molecular complexity index is 520. The van der Waals surface area contributed by atoms with Gasteiger partial charge >= 0.3 is 5.97 Å². The fourth-order valence-corrected chi connectivity index (χ4v) is 3.27. The lowest BCUT2D eigenvalue weighted by Gasteiger charge is -2.31. The molecule has 0 bridgehead atoms. The summed E-state index contributed by atoms with van der Waals surface area (Å²) in [6, 6.07) is 4.41. The second kappa shape index (κ2) is 6.43. The van der Waals surface area contributed by atoms with Crippen LogP contribution in [0.15, 0.2) is 18.2 Å². The van der Waals surface area contributed by atoms with Crippen molar-refractivity contribution < 1.29 is 19.0 Å². The van der Waals surface area contributed by atoms with Gasteiger partial charge in [-0.05, 0) is 62.9 Å². The van der Waals surface area contributed by atoms with Gasteiger partial charge in [-0.1, -0.05) is 6.42 Å². The summed E-state index contributed by atoms with van der Waals surface area (Å²) in [5.41, 5.74) is -0.0826. The van der Waals surface area contributed by atoms with Crippen LogP contribution in [0.5, 0.6) is 5.75 Å². The summed E-state index contributed by atoms with van der Waals surface area (Å²) < 4.78 is 18.7. The molecule has 0 aliphatic heterocycles. The molecule has 1 saturated carbocycles. The van der Waals surface area contributed by atoms with E-state index in [2.05, 4.69) is 5.32 Å². The maximum Gasteiger partial charge on any atom is 0.324 e. The number of halogens is 1. The minimum Gasteiger partial charge on any atom is -0.493 e. The quantitative estimate of drug-likeness (QED) is 0.847. The minimum absolute atomic E-state index is 0.0563. The Morgan fingerprint density at radius 1 is 1.57 bits per heavy atom. The molecular weight excluding hydrogens is 273 g/mol. The van der Waals surface area contributed by atoms with E-state index in [1.807, 2.05) is 0 Å². The van der Waals surface area contributed by atoms with Crippen molar-refractivity contribution in [3.63, 3.8) is 0 Å². The monoisotopic (exact) mass is 295 g/mol. The van der Waals surface area contributed by atoms with E-state index in [1.165, 1.54) is 12.1 Å². The topological polar surface area (TPSA) is 58.6 Å². The summed E-state index contributed by atoms with van der Waals surface area (Å²) in [6.45, 7) is 2.23. The van der Waals surface area contributed by atoms with Crippen LogP contribution in [0, 0.1) is 18.7 Å². The Labute approximate surface area is 124 Å². The third-order valence-electron chi connectivity index (χ3n) is 4.51. The Morgan fingerprint density at radius 2 is 2.33 bits per heavy atom. The van der Waals surface area contributed by atoms with Crippen LogP contribution in [0.25, 0.3) is 0 Å². The molecule has 0 heterocycles. The highest BCUT2D eigenvalue weighted by Crippen LogP contribution is 2.38. The number of carbonyl (C=O) groups is 1. The van der Waals surface area contributed by atoms with E-state index >= 15 is 0 Å². The van der Waals surface area contributed by atoms with Crippen molar-refractivity contribution >= 4 is 5.97 Å². The van der Waals surface area contributed by atoms with Crippen molar-refractivity contribution in [1.82, 2.24) is 5.32 Å². The summed E-state index contributed by atoms with van der Waals surface area (Å²) in [4.78, 5) is 11.5. The number of hydrogen-bond acceptors (Lipinski definition) is 3. The van der Waals surface area contributed by atoms with Gasteiger partial charge in [-0.3, -0.25) is 4.79 Å². The van der Waals surface area contributed by atoms with Gasteiger partial charge in [-0.2, -0.15) is 0 Å². The predicted molar refractivity (Wildman–Crippen MR) is 78.0 cm³/mol. The highest BCUT2D eigenvalue weighted by Gasteiger charge is 2.47. The van der Waals surface area contributed by atoms with Crippen molar-refractivity contribution in [2.75, 3.05) is 13.7 Å². The molecule has 2 unspecified atom stereocenters. The number of aryl methyl sites for hydroxylation is 1. The summed E-state index contributed by atoms with van der Waals surface area (Å²) >= 11 is 0. The molecule has 2 N–H and O–H groups in total. The number of ether oxygens (including phenoxy) is 1. The van der Waals surface area contributed by atoms with Crippen molar-refractivity contribution in [2.24, 2.45) is 5.92 Å². The minimum atomic E-state index is -0.832. The van der Waals surface area contributed by atoms with E-state index in [0.29, 0.717) is 25.2 Å². The number of nitrogens with one attached hydrogen (secondary N) is 1. The molecule has 21 heavy (non-hydrogen) atoms. The van der Waals surface area contributed by atoms with E-state index in [9.17, 15) is 14.3 Å². The summed E-state index contributed by atoms with van der Waals surface area (Å²) in [7, 11) is 1.71. The van der Waals surface area contributed by atoms with Crippen LogP contribution in [0.4, 0.5) is 4.39 Å². The standard InChI is InChI=1S/C16H22FNO3/c1-11-10-13(17)5-6-14(11)21-9-7-12-4-3-8-16(12,18-2)15(19)20/h5-6,10,12,18H,3-4,7-9H2,1-2H3,(H,19,20). The highest BCUT2D eigenvalue weighted by molar-refractivity contribution is 5.79. The molecule has 1 aliphatic carbocycles. The van der Waals surface area contributed by atoms with Gasteiger partial charge in [0.05, 0.1) is 6.61 Å². The van der Waals surface area contributed by atoms with Gasteiger partial charge in [0, 0.05) is 0 Å². The van der Waals surface area contributed by atoms with E-state index < -0.39 is 11.5 Å². The fourth-order valence-electron chi connectivity index (χ4n) is 3.27. The normalized spacial score (nSPS) is 25.0. The number of carboxylic acids is 1. The molecule has 0 aromatic heterocycles. The van der Waals surface area contributed by atoms with Crippen LogP contribution in [0.3, 0.4) is 0 Å². The van der Waals surface area contributed by atoms with Crippen LogP contribution in [-0.4, -0.2) is 30.3 Å². The molecule has 116 valence electrons. The first-order valence-electron chi connectivity index (χ1n) is 7.31. The van der Waals surface area contributed by atoms with Gasteiger partial charge in [0.1, 0.15) is 17.1 Å². The van der Waals surface area contributed by atoms with E-state index in [4.69, 9.17) is 4.74 Å². The number of hydrogen-bond donors (Lipinski definition) is 2. The van der Waals surface area contributed by atoms with Crippen LogP contribution in [0.1, 0.15) is 31.2 Å². The lowest BCUT2D eigenvalue weighted by molar-refractivity contribution is -0.146. The Hall–Kier alpha value is -1.62. The molecule has 0 radical (unpaired) electrons. The Morgan fingerprint density at radius 3 is 2.95 bits per heavy atom. The van der Waals surface area contributed by atoms with E-state index in [0.717, 1.165) is 18.4 Å². The van der Waals surface area contributed by atoms with Gasteiger partial charge in [-0.15, -0.1) is 0 Å². The molecule has 0 saturated heterocycles. The third kappa shape index (κ3) is 3.18. The lowest BCUT2D eigenvalue weighted by atomic mass is 9.85. The molecule has 1 aliphatic rings. The number of carboxylic acid groups (broad SMARTS) is 1. The summed E-state index contributed by atoms with van der Waals surface area (Å²) in [5.74, 6) is -0.360. The van der Waals surface area contributed by atoms with Gasteiger partial charge in [0.25, 0.3) is 0 Å². The SMILES string of the molecule is CNC1(C(=O)O)CCCC1CCOc1ccc(F)cc1C. The zero-order valence-electron chi connectivity index (χ0n) is 12.5. The molecule has 2 atom stereocenters. The summed E-state index contributed by atoms with van der Waals surface area (Å²) in [5, 5.41) is 12.5. The van der Waals surface area contributed by atoms with Crippen molar-refractivity contribution in [1.29, 1.82) is 0 Å². The van der Waals surface area contributed by atoms with E-state index in [1.54, 1.807) is 20.0 Å². The Kier molecular flexibility index (Phi) is 4.83. The first kappa shape index (κ1) is 15.8. The molecule has 4 nitrogen and oxygen atoms in total. The first-order chi connectivity index (χ1) is 9.99. The maximum absolute atomic E-state index is 13.0. The number of benzene rings is 1. The second-order valence-electron chi connectivity index (χ2n) is 5.66. The van der Waals surface area contributed by atoms with Crippen LogP contribution in [0.2, 0.25) is 0 Å². The highest BCUT2D eigenvalue weighted by atomic mass is 19.1. The molecule has 5 heteroatoms. The van der Waals surface area contributed by atoms with E-state index in [-0.39, 0.29) is 11.7 Å². The van der Waals surface area contributed by atoms with Crippen LogP contribution < -0.4 is 10.1 Å². The van der Waals surface area contributed by atoms with Crippen LogP contribution >= 0.6 is 0 Å². The van der Waals surface area contributed by atoms with Crippen molar-refractivity contribution in [3.8, 4) is 5.75 Å². The molecule has 1 aromatic rings. The van der Waals surface area contributed by atoms with Gasteiger partial charge in [0.15, 0.2) is 0 Å². The number of likely N-dealkylation sites (N-methyl/N-ethyl adjacent to an activating group) is 1. The number of aliphatic carboxylic acids is 1. The maximum atomic E-state index is 13.0. The smallest absolute Gasteiger partial charge is 0.324 e. The third-order valence-corrected chi connectivity index (χ3v) is 4.51. The summed E-state index contributed by atoms with van der Waals surface area (Å²) in [6.07, 6.45) is 3.12. The molecule has 0 amide bonds. The average molecular weight is 295 g/mol. The first-order valence-corrected chi connectivity index (χ1v) is 7.31. The molecular formula is C16H22FNO3. The lowest BCUT2D eigenvalue weighted by Crippen LogP contribution is -2.53. The fraction of sp³-hybridized carbons (Fsp3) is 0.562. The average Bonchev–Trinajstić information content (AvgIpc) is 2.85. The zero-order chi connectivity index (χ0) is 15.5. The Balaban J connectivity index is 1.95. The second-order valence-corrected chi connectivity index (χ2v) is 5.66. The van der Waals surface area contributed by atoms with Gasteiger partial charge < -0.3 is 15.2 Å².